The molecule has 6 nitrogen and oxygen atoms in total. The number of carbonyl (C=O) groups excluding carboxylic acids is 1. The summed E-state index contributed by atoms with van der Waals surface area (Å²) in [5.41, 5.74) is 3.74. The molecule has 1 aliphatic rings. The summed E-state index contributed by atoms with van der Waals surface area (Å²) in [6.07, 6.45) is 0.581. The lowest BCUT2D eigenvalue weighted by Gasteiger charge is -2.23. The first-order valence-corrected chi connectivity index (χ1v) is 10.8. The summed E-state index contributed by atoms with van der Waals surface area (Å²) in [5, 5.41) is 8.30. The van der Waals surface area contributed by atoms with Gasteiger partial charge in [-0.05, 0) is 47.3 Å². The highest BCUT2D eigenvalue weighted by Gasteiger charge is 2.35. The van der Waals surface area contributed by atoms with E-state index in [9.17, 15) is 4.79 Å². The number of rotatable bonds is 6. The van der Waals surface area contributed by atoms with Crippen molar-refractivity contribution in [2.75, 3.05) is 33.2 Å². The number of carbonyl (C=O) groups is 1. The third kappa shape index (κ3) is 4.14. The number of nitrogens with zero attached hydrogens (tertiary/aromatic N) is 3. The smallest absolute Gasteiger partial charge is 0.284 e. The molecule has 3 aromatic rings. The van der Waals surface area contributed by atoms with Crippen LogP contribution in [-0.4, -0.2) is 44.9 Å². The van der Waals surface area contributed by atoms with Crippen LogP contribution < -0.4 is 14.4 Å². The highest BCUT2D eigenvalue weighted by atomic mass is 32.1. The van der Waals surface area contributed by atoms with Gasteiger partial charge in [-0.1, -0.05) is 18.2 Å². The average molecular weight is 436 g/mol. The molecule has 2 aromatic carbocycles. The molecule has 0 fully saturated rings. The molecule has 0 saturated carbocycles. The second-order valence-electron chi connectivity index (χ2n) is 7.45. The molecule has 1 amide bonds. The number of hydrogen-bond acceptors (Lipinski definition) is 6. The van der Waals surface area contributed by atoms with E-state index in [-0.39, 0.29) is 11.9 Å². The summed E-state index contributed by atoms with van der Waals surface area (Å²) in [6.45, 7) is 0. The van der Waals surface area contributed by atoms with Gasteiger partial charge in [-0.25, -0.2) is 5.01 Å². The van der Waals surface area contributed by atoms with Gasteiger partial charge in [-0.15, -0.1) is 11.3 Å². The summed E-state index contributed by atoms with van der Waals surface area (Å²) < 4.78 is 11.0. The van der Waals surface area contributed by atoms with E-state index in [1.807, 2.05) is 61.9 Å². The largest absolute Gasteiger partial charge is 0.497 e. The lowest BCUT2D eigenvalue weighted by atomic mass is 9.97. The van der Waals surface area contributed by atoms with E-state index >= 15 is 0 Å². The molecule has 31 heavy (non-hydrogen) atoms. The van der Waals surface area contributed by atoms with Crippen molar-refractivity contribution in [3.63, 3.8) is 0 Å². The van der Waals surface area contributed by atoms with Crippen LogP contribution in [0.3, 0.4) is 0 Å². The van der Waals surface area contributed by atoms with Crippen molar-refractivity contribution in [3.8, 4) is 11.5 Å². The molecule has 0 N–H and O–H groups in total. The number of benzene rings is 2. The van der Waals surface area contributed by atoms with Gasteiger partial charge >= 0.3 is 0 Å². The van der Waals surface area contributed by atoms with Crippen LogP contribution in [0.1, 0.15) is 33.3 Å². The highest BCUT2D eigenvalue weighted by molar-refractivity contribution is 7.12. The predicted molar refractivity (Wildman–Crippen MR) is 125 cm³/mol. The first kappa shape index (κ1) is 20.9. The Morgan fingerprint density at radius 1 is 1.10 bits per heavy atom. The minimum atomic E-state index is -0.208. The Balaban J connectivity index is 1.78. The van der Waals surface area contributed by atoms with Gasteiger partial charge in [0, 0.05) is 31.8 Å². The number of methoxy groups -OCH3 is 2. The maximum atomic E-state index is 13.3. The predicted octanol–water partition coefficient (Wildman–Crippen LogP) is 4.82. The third-order valence-electron chi connectivity index (χ3n) is 5.34. The maximum absolute atomic E-state index is 13.3. The van der Waals surface area contributed by atoms with Gasteiger partial charge in [-0.3, -0.25) is 4.79 Å². The number of amides is 1. The second kappa shape index (κ2) is 8.81. The Labute approximate surface area is 186 Å². The monoisotopic (exact) mass is 435 g/mol. The fraction of sp³-hybridized carbons (Fsp3) is 0.250. The molecule has 1 aliphatic heterocycles. The molecular weight excluding hydrogens is 410 g/mol. The summed E-state index contributed by atoms with van der Waals surface area (Å²) in [6, 6.07) is 17.4. The van der Waals surface area contributed by atoms with E-state index in [4.69, 9.17) is 14.6 Å². The molecule has 0 unspecified atom stereocenters. The number of ether oxygens (including phenoxy) is 2. The zero-order chi connectivity index (χ0) is 22.0. The van der Waals surface area contributed by atoms with Gasteiger partial charge in [-0.2, -0.15) is 5.10 Å². The van der Waals surface area contributed by atoms with Crippen LogP contribution in [0.15, 0.2) is 65.1 Å². The zero-order valence-electron chi connectivity index (χ0n) is 18.0. The van der Waals surface area contributed by atoms with Crippen molar-refractivity contribution < 1.29 is 14.3 Å². The lowest BCUT2D eigenvalue weighted by molar-refractivity contribution is 0.0716. The maximum Gasteiger partial charge on any atom is 0.284 e. The number of thiophene rings is 1. The van der Waals surface area contributed by atoms with Crippen molar-refractivity contribution >= 4 is 28.6 Å². The SMILES string of the molecule is COc1ccc(OC)c(C2=NN(C(=O)c3cccs3)[C@@H](c3cccc(N(C)C)c3)C2)c1. The Morgan fingerprint density at radius 2 is 1.94 bits per heavy atom. The van der Waals surface area contributed by atoms with Crippen LogP contribution >= 0.6 is 11.3 Å². The summed E-state index contributed by atoms with van der Waals surface area (Å²) in [7, 11) is 7.27. The quantitative estimate of drug-likeness (QED) is 0.557. The molecule has 0 saturated heterocycles. The van der Waals surface area contributed by atoms with E-state index in [1.165, 1.54) is 11.3 Å². The van der Waals surface area contributed by atoms with Gasteiger partial charge in [0.1, 0.15) is 11.5 Å². The Hall–Kier alpha value is -3.32. The Bertz CT molecular complexity index is 1110. The normalized spacial score (nSPS) is 15.5. The molecule has 0 aliphatic carbocycles. The highest BCUT2D eigenvalue weighted by Crippen LogP contribution is 2.38. The molecule has 0 radical (unpaired) electrons. The van der Waals surface area contributed by atoms with Crippen molar-refractivity contribution in [2.24, 2.45) is 5.10 Å². The minimum absolute atomic E-state index is 0.105. The first-order valence-electron chi connectivity index (χ1n) is 9.96. The summed E-state index contributed by atoms with van der Waals surface area (Å²) in [4.78, 5) is 16.0. The molecule has 1 aromatic heterocycles. The molecule has 160 valence electrons. The van der Waals surface area contributed by atoms with E-state index in [0.717, 1.165) is 22.5 Å². The Kier molecular flexibility index (Phi) is 5.95. The summed E-state index contributed by atoms with van der Waals surface area (Å²) in [5.74, 6) is 1.31. The standard InChI is InChI=1S/C24H25N3O3S/c1-26(2)17-8-5-7-16(13-17)21-15-20(19-14-18(29-3)10-11-22(19)30-4)25-27(21)24(28)23-9-6-12-31-23/h5-14,21H,15H2,1-4H3/t21-/m1/s1. The van der Waals surface area contributed by atoms with Gasteiger partial charge in [0.2, 0.25) is 0 Å². The van der Waals surface area contributed by atoms with E-state index in [2.05, 4.69) is 17.0 Å². The average Bonchev–Trinajstić information content (AvgIpc) is 3.49. The lowest BCUT2D eigenvalue weighted by Crippen LogP contribution is -2.26. The molecule has 0 bridgehead atoms. The number of hydrazone groups is 1. The van der Waals surface area contributed by atoms with Crippen LogP contribution in [0.25, 0.3) is 0 Å². The van der Waals surface area contributed by atoms with Crippen molar-refractivity contribution in [1.29, 1.82) is 0 Å². The van der Waals surface area contributed by atoms with Crippen LogP contribution in [0.4, 0.5) is 5.69 Å². The molecule has 0 spiro atoms. The molecule has 1 atom stereocenters. The van der Waals surface area contributed by atoms with E-state index in [1.54, 1.807) is 19.2 Å². The molecular formula is C24H25N3O3S. The topological polar surface area (TPSA) is 54.4 Å². The fourth-order valence-electron chi connectivity index (χ4n) is 3.68. The van der Waals surface area contributed by atoms with E-state index in [0.29, 0.717) is 22.8 Å². The second-order valence-corrected chi connectivity index (χ2v) is 8.40. The van der Waals surface area contributed by atoms with Gasteiger partial charge < -0.3 is 14.4 Å². The van der Waals surface area contributed by atoms with Crippen LogP contribution in [-0.2, 0) is 0 Å². The van der Waals surface area contributed by atoms with Crippen LogP contribution in [0, 0.1) is 0 Å². The fourth-order valence-corrected chi connectivity index (χ4v) is 4.34. The van der Waals surface area contributed by atoms with Crippen molar-refractivity contribution in [3.05, 3.63) is 76.0 Å². The molecule has 4 rings (SSSR count). The molecule has 2 heterocycles. The Morgan fingerprint density at radius 3 is 2.61 bits per heavy atom. The summed E-state index contributed by atoms with van der Waals surface area (Å²) >= 11 is 1.42. The number of anilines is 1. The molecule has 7 heteroatoms. The van der Waals surface area contributed by atoms with Gasteiger partial charge in [0.05, 0.1) is 30.9 Å². The minimum Gasteiger partial charge on any atom is -0.497 e. The van der Waals surface area contributed by atoms with E-state index < -0.39 is 0 Å². The van der Waals surface area contributed by atoms with Crippen molar-refractivity contribution in [1.82, 2.24) is 5.01 Å². The van der Waals surface area contributed by atoms with Gasteiger partial charge in [0.25, 0.3) is 5.91 Å². The zero-order valence-corrected chi connectivity index (χ0v) is 18.8. The number of hydrogen-bond donors (Lipinski definition) is 0. The van der Waals surface area contributed by atoms with Crippen LogP contribution in [0.5, 0.6) is 11.5 Å². The van der Waals surface area contributed by atoms with Crippen molar-refractivity contribution in [2.45, 2.75) is 12.5 Å². The van der Waals surface area contributed by atoms with Crippen LogP contribution in [0.2, 0.25) is 0 Å². The first-order chi connectivity index (χ1) is 15.0. The van der Waals surface area contributed by atoms with Gasteiger partial charge in [0.15, 0.2) is 0 Å². The third-order valence-corrected chi connectivity index (χ3v) is 6.20.